The molecule has 2 aromatic rings. The van der Waals surface area contributed by atoms with Crippen LogP contribution in [0, 0.1) is 0 Å². The van der Waals surface area contributed by atoms with Gasteiger partial charge in [0.25, 0.3) is 0 Å². The van der Waals surface area contributed by atoms with Crippen LogP contribution in [0.15, 0.2) is 24.3 Å². The van der Waals surface area contributed by atoms with Gasteiger partial charge in [-0.25, -0.2) is 0 Å². The van der Waals surface area contributed by atoms with Gasteiger partial charge in [-0.05, 0) is 36.7 Å². The fraction of sp³-hybridized carbons (Fsp3) is 0.250. The molecule has 5 nitrogen and oxygen atoms in total. The molecule has 0 aliphatic carbocycles. The average molecular weight is 318 g/mol. The monoisotopic (exact) mass is 317 g/mol. The number of halogens is 4. The van der Waals surface area contributed by atoms with Gasteiger partial charge in [0.15, 0.2) is 0 Å². The van der Waals surface area contributed by atoms with Gasteiger partial charge >= 0.3 is 6.18 Å². The van der Waals surface area contributed by atoms with Gasteiger partial charge in [-0.1, -0.05) is 6.07 Å². The number of nitrogens with zero attached hydrogens (tertiary/aromatic N) is 3. The zero-order valence-electron chi connectivity index (χ0n) is 10.9. The molecule has 0 bridgehead atoms. The summed E-state index contributed by atoms with van der Waals surface area (Å²) in [6.45, 7) is 2.42. The lowest BCUT2D eigenvalue weighted by atomic mass is 10.2. The van der Waals surface area contributed by atoms with Crippen LogP contribution in [0.25, 0.3) is 0 Å². The van der Waals surface area contributed by atoms with Gasteiger partial charge in [0, 0.05) is 12.2 Å². The van der Waals surface area contributed by atoms with Gasteiger partial charge in [0.1, 0.15) is 0 Å². The van der Waals surface area contributed by atoms with Crippen molar-refractivity contribution in [2.75, 3.05) is 17.2 Å². The van der Waals surface area contributed by atoms with Crippen molar-refractivity contribution in [2.45, 2.75) is 13.1 Å². The van der Waals surface area contributed by atoms with E-state index in [2.05, 4.69) is 25.6 Å². The first-order valence-corrected chi connectivity index (χ1v) is 6.36. The number of nitrogens with one attached hydrogen (secondary N) is 2. The minimum Gasteiger partial charge on any atom is -0.354 e. The zero-order valence-corrected chi connectivity index (χ0v) is 11.6. The molecule has 0 saturated carbocycles. The summed E-state index contributed by atoms with van der Waals surface area (Å²) < 4.78 is 37.9. The number of hydrogen-bond acceptors (Lipinski definition) is 5. The summed E-state index contributed by atoms with van der Waals surface area (Å²) in [5.74, 6) is 0.303. The highest BCUT2D eigenvalue weighted by molar-refractivity contribution is 6.28. The molecule has 1 aromatic heterocycles. The fourth-order valence-corrected chi connectivity index (χ4v) is 1.71. The number of anilines is 3. The lowest BCUT2D eigenvalue weighted by molar-refractivity contribution is -0.137. The Morgan fingerprint density at radius 1 is 1.14 bits per heavy atom. The van der Waals surface area contributed by atoms with E-state index < -0.39 is 11.7 Å². The van der Waals surface area contributed by atoms with Gasteiger partial charge in [0.05, 0.1) is 5.56 Å². The lowest BCUT2D eigenvalue weighted by Gasteiger charge is -2.10. The molecule has 0 atom stereocenters. The van der Waals surface area contributed by atoms with Gasteiger partial charge in [-0.3, -0.25) is 0 Å². The van der Waals surface area contributed by atoms with Crippen molar-refractivity contribution in [1.82, 2.24) is 15.0 Å². The molecule has 0 amide bonds. The Balaban J connectivity index is 2.26. The van der Waals surface area contributed by atoms with Crippen LogP contribution in [0.4, 0.5) is 30.8 Å². The molecule has 2 rings (SSSR count). The fourth-order valence-electron chi connectivity index (χ4n) is 1.55. The molecule has 0 radical (unpaired) electrons. The van der Waals surface area contributed by atoms with Crippen molar-refractivity contribution in [3.63, 3.8) is 0 Å². The smallest absolute Gasteiger partial charge is 0.354 e. The van der Waals surface area contributed by atoms with Gasteiger partial charge in [-0.15, -0.1) is 0 Å². The summed E-state index contributed by atoms with van der Waals surface area (Å²) >= 11 is 5.73. The van der Waals surface area contributed by atoms with E-state index in [-0.39, 0.29) is 22.9 Å². The molecule has 112 valence electrons. The van der Waals surface area contributed by atoms with Crippen LogP contribution in [0.1, 0.15) is 12.5 Å². The number of aromatic nitrogens is 3. The van der Waals surface area contributed by atoms with Crippen LogP contribution in [0.3, 0.4) is 0 Å². The van der Waals surface area contributed by atoms with E-state index in [0.717, 1.165) is 12.1 Å². The second-order valence-corrected chi connectivity index (χ2v) is 4.32. The molecular weight excluding hydrogens is 307 g/mol. The first-order valence-electron chi connectivity index (χ1n) is 5.98. The minimum absolute atomic E-state index is 0.0598. The van der Waals surface area contributed by atoms with Crippen molar-refractivity contribution in [2.24, 2.45) is 0 Å². The summed E-state index contributed by atoms with van der Waals surface area (Å²) in [6.07, 6.45) is -4.41. The van der Waals surface area contributed by atoms with Crippen molar-refractivity contribution in [3.8, 4) is 0 Å². The molecule has 0 aliphatic heterocycles. The van der Waals surface area contributed by atoms with E-state index in [1.165, 1.54) is 12.1 Å². The number of benzene rings is 1. The second-order valence-electron chi connectivity index (χ2n) is 3.99. The number of rotatable bonds is 4. The number of alkyl halides is 3. The molecule has 2 N–H and O–H groups in total. The van der Waals surface area contributed by atoms with Crippen LogP contribution >= 0.6 is 11.6 Å². The predicted octanol–water partition coefficient (Wildman–Crippen LogP) is 3.72. The van der Waals surface area contributed by atoms with Crippen molar-refractivity contribution in [3.05, 3.63) is 35.1 Å². The lowest BCUT2D eigenvalue weighted by Crippen LogP contribution is -2.08. The Morgan fingerprint density at radius 2 is 1.86 bits per heavy atom. The molecule has 1 aromatic carbocycles. The summed E-state index contributed by atoms with van der Waals surface area (Å²) in [4.78, 5) is 11.6. The van der Waals surface area contributed by atoms with Gasteiger partial charge in [-0.2, -0.15) is 28.1 Å². The van der Waals surface area contributed by atoms with Crippen LogP contribution in [-0.4, -0.2) is 21.5 Å². The summed E-state index contributed by atoms with van der Waals surface area (Å²) in [5.41, 5.74) is -0.561. The predicted molar refractivity (Wildman–Crippen MR) is 73.7 cm³/mol. The summed E-state index contributed by atoms with van der Waals surface area (Å²) in [5, 5.41) is 5.45. The van der Waals surface area contributed by atoms with Crippen molar-refractivity contribution < 1.29 is 13.2 Å². The van der Waals surface area contributed by atoms with Crippen LogP contribution in [-0.2, 0) is 6.18 Å². The Bertz CT molecular complexity index is 633. The number of hydrogen-bond donors (Lipinski definition) is 2. The van der Waals surface area contributed by atoms with E-state index in [4.69, 9.17) is 11.6 Å². The minimum atomic E-state index is -4.41. The maximum atomic E-state index is 12.6. The Labute approximate surface area is 123 Å². The summed E-state index contributed by atoms with van der Waals surface area (Å²) in [7, 11) is 0. The topological polar surface area (TPSA) is 62.7 Å². The van der Waals surface area contributed by atoms with Crippen LogP contribution in [0.5, 0.6) is 0 Å². The first kappa shape index (κ1) is 15.3. The molecule has 0 saturated heterocycles. The largest absolute Gasteiger partial charge is 0.416 e. The molecule has 0 spiro atoms. The van der Waals surface area contributed by atoms with E-state index >= 15 is 0 Å². The third kappa shape index (κ3) is 4.19. The third-order valence-electron chi connectivity index (χ3n) is 2.39. The van der Waals surface area contributed by atoms with E-state index in [1.807, 2.05) is 6.92 Å². The zero-order chi connectivity index (χ0) is 15.5. The van der Waals surface area contributed by atoms with Crippen LogP contribution < -0.4 is 10.6 Å². The molecule has 1 heterocycles. The second kappa shape index (κ2) is 6.13. The van der Waals surface area contributed by atoms with E-state index in [9.17, 15) is 13.2 Å². The highest BCUT2D eigenvalue weighted by Gasteiger charge is 2.30. The van der Waals surface area contributed by atoms with E-state index in [1.54, 1.807) is 0 Å². The SMILES string of the molecule is CCNc1nc(Cl)nc(Nc2cccc(C(F)(F)F)c2)n1. The Hall–Kier alpha value is -2.09. The van der Waals surface area contributed by atoms with Crippen LogP contribution in [0.2, 0.25) is 5.28 Å². The maximum absolute atomic E-state index is 12.6. The third-order valence-corrected chi connectivity index (χ3v) is 2.56. The molecule has 21 heavy (non-hydrogen) atoms. The highest BCUT2D eigenvalue weighted by atomic mass is 35.5. The standard InChI is InChI=1S/C12H11ClF3N5/c1-2-17-10-19-9(13)20-11(21-10)18-8-5-3-4-7(6-8)12(14,15)16/h3-6H,2H2,1H3,(H2,17,18,19,20,21). The Kier molecular flexibility index (Phi) is 4.46. The summed E-state index contributed by atoms with van der Waals surface area (Å²) in [6, 6.07) is 4.71. The molecular formula is C12H11ClF3N5. The molecule has 0 aliphatic rings. The van der Waals surface area contributed by atoms with Gasteiger partial charge in [0.2, 0.25) is 17.2 Å². The molecule has 0 unspecified atom stereocenters. The molecule has 0 fully saturated rings. The van der Waals surface area contributed by atoms with Crippen molar-refractivity contribution >= 4 is 29.2 Å². The molecule has 9 heteroatoms. The quantitative estimate of drug-likeness (QED) is 0.900. The first-order chi connectivity index (χ1) is 9.88. The van der Waals surface area contributed by atoms with E-state index in [0.29, 0.717) is 6.54 Å². The maximum Gasteiger partial charge on any atom is 0.416 e. The van der Waals surface area contributed by atoms with Gasteiger partial charge < -0.3 is 10.6 Å². The average Bonchev–Trinajstić information content (AvgIpc) is 2.37. The Morgan fingerprint density at radius 3 is 2.52 bits per heavy atom. The van der Waals surface area contributed by atoms with Crippen molar-refractivity contribution in [1.29, 1.82) is 0 Å². The highest BCUT2D eigenvalue weighted by Crippen LogP contribution is 2.31. The normalized spacial score (nSPS) is 11.3.